The maximum atomic E-state index is 18.3. The first kappa shape index (κ1) is 48.5. The highest BCUT2D eigenvalue weighted by Gasteiger charge is 2.59. The summed E-state index contributed by atoms with van der Waals surface area (Å²) in [5, 5.41) is 22.5. The van der Waals surface area contributed by atoms with Crippen molar-refractivity contribution in [2.75, 3.05) is 38.3 Å². The molecule has 2 bridgehead atoms. The lowest BCUT2D eigenvalue weighted by molar-refractivity contribution is 0.0216. The molecular formula is C52H66FN5O7Si. The van der Waals surface area contributed by atoms with Gasteiger partial charge >= 0.3 is 12.2 Å². The number of hydrogen-bond donors (Lipinski definition) is 1. The van der Waals surface area contributed by atoms with Gasteiger partial charge in [-0.2, -0.15) is 5.26 Å². The van der Waals surface area contributed by atoms with E-state index in [2.05, 4.69) is 56.7 Å². The second kappa shape index (κ2) is 18.3. The number of likely N-dealkylation sites (tertiary alicyclic amines) is 1. The van der Waals surface area contributed by atoms with E-state index in [1.54, 1.807) is 42.7 Å². The zero-order valence-electron chi connectivity index (χ0n) is 40.7. The van der Waals surface area contributed by atoms with Crippen molar-refractivity contribution in [1.82, 2.24) is 14.8 Å². The van der Waals surface area contributed by atoms with Crippen LogP contribution in [-0.2, 0) is 20.3 Å². The number of pyridine rings is 1. The second-order valence-electron chi connectivity index (χ2n) is 21.6. The molecule has 4 heterocycles. The molecule has 3 saturated heterocycles. The number of fused-ring (bicyclic) bond motifs is 3. The van der Waals surface area contributed by atoms with Crippen LogP contribution in [0.4, 0.5) is 19.7 Å². The number of rotatable bonds is 10. The van der Waals surface area contributed by atoms with Crippen molar-refractivity contribution >= 4 is 47.9 Å². The minimum absolute atomic E-state index is 0.0391. The number of aryl methyl sites for hydroxylation is 1. The summed E-state index contributed by atoms with van der Waals surface area (Å²) in [4.78, 5) is 39.4. The van der Waals surface area contributed by atoms with Crippen LogP contribution in [0.2, 0.25) is 18.1 Å². The van der Waals surface area contributed by atoms with E-state index in [9.17, 15) is 15.2 Å². The van der Waals surface area contributed by atoms with Crippen LogP contribution in [0.15, 0.2) is 42.5 Å². The molecule has 4 fully saturated rings. The Bertz CT molecular complexity index is 2630. The molecule has 0 spiro atoms. The van der Waals surface area contributed by atoms with Crippen molar-refractivity contribution in [3.8, 4) is 40.7 Å². The minimum atomic E-state index is -2.25. The number of halogens is 1. The molecule has 1 aliphatic carbocycles. The van der Waals surface area contributed by atoms with Crippen LogP contribution < -0.4 is 9.64 Å². The lowest BCUT2D eigenvalue weighted by atomic mass is 9.78. The van der Waals surface area contributed by atoms with E-state index in [0.29, 0.717) is 34.9 Å². The molecule has 3 aromatic carbocycles. The zero-order chi connectivity index (χ0) is 48.1. The predicted molar refractivity (Wildman–Crippen MR) is 259 cm³/mol. The third-order valence-corrected chi connectivity index (χ3v) is 18.0. The first-order valence-electron chi connectivity index (χ1n) is 23.1. The van der Waals surface area contributed by atoms with Crippen LogP contribution in [-0.4, -0.2) is 103 Å². The van der Waals surface area contributed by atoms with Crippen molar-refractivity contribution in [3.05, 3.63) is 59.4 Å². The van der Waals surface area contributed by atoms with Gasteiger partial charge in [-0.25, -0.2) is 19.0 Å². The fourth-order valence-corrected chi connectivity index (χ4v) is 9.99. The largest absolute Gasteiger partial charge is 0.508 e. The summed E-state index contributed by atoms with van der Waals surface area (Å²) in [5.41, 5.74) is -0.229. The van der Waals surface area contributed by atoms with Gasteiger partial charge in [0, 0.05) is 35.9 Å². The fourth-order valence-electron chi connectivity index (χ4n) is 9.12. The van der Waals surface area contributed by atoms with Gasteiger partial charge in [-0.15, -0.1) is 0 Å². The van der Waals surface area contributed by atoms with Gasteiger partial charge in [0.15, 0.2) is 14.1 Å². The molecule has 14 heteroatoms. The van der Waals surface area contributed by atoms with Crippen molar-refractivity contribution in [1.29, 1.82) is 5.26 Å². The summed E-state index contributed by atoms with van der Waals surface area (Å²) in [6, 6.07) is 13.6. The highest BCUT2D eigenvalue weighted by Crippen LogP contribution is 2.51. The van der Waals surface area contributed by atoms with Gasteiger partial charge in [-0.3, -0.25) is 4.90 Å². The number of carbonyl (C=O) groups is 2. The van der Waals surface area contributed by atoms with E-state index in [4.69, 9.17) is 23.6 Å². The number of carbonyl (C=O) groups excluding carboxylic acids is 2. The lowest BCUT2D eigenvalue weighted by Gasteiger charge is -2.44. The van der Waals surface area contributed by atoms with Gasteiger partial charge in [0.05, 0.1) is 30.4 Å². The number of hydrogen-bond acceptors (Lipinski definition) is 10. The third-order valence-electron chi connectivity index (χ3n) is 13.5. The average Bonchev–Trinajstić information content (AvgIpc) is 3.94. The number of phenolic OH excluding ortho intramolecular Hbond substituents is 1. The molecule has 12 nitrogen and oxygen atoms in total. The third kappa shape index (κ3) is 9.97. The van der Waals surface area contributed by atoms with E-state index in [-0.39, 0.29) is 82.4 Å². The normalized spacial score (nSPS) is 19.8. The van der Waals surface area contributed by atoms with E-state index in [0.717, 1.165) is 19.4 Å². The number of nitrogens with zero attached hydrogens (tertiary/aromatic N) is 5. The summed E-state index contributed by atoms with van der Waals surface area (Å²) in [6.07, 6.45) is 1.50. The number of ether oxygens (including phenoxy) is 3. The molecule has 4 aromatic rings. The first-order valence-corrected chi connectivity index (χ1v) is 26.1. The average molecular weight is 920 g/mol. The Morgan fingerprint density at radius 2 is 1.73 bits per heavy atom. The van der Waals surface area contributed by atoms with Crippen LogP contribution in [0.5, 0.6) is 11.6 Å². The maximum absolute atomic E-state index is 18.3. The highest BCUT2D eigenvalue weighted by atomic mass is 28.4. The minimum Gasteiger partial charge on any atom is -0.508 e. The monoisotopic (exact) mass is 919 g/mol. The Kier molecular flexibility index (Phi) is 13.5. The molecule has 1 aromatic heterocycles. The van der Waals surface area contributed by atoms with E-state index in [1.807, 2.05) is 52.1 Å². The van der Waals surface area contributed by atoms with E-state index >= 15 is 9.18 Å². The summed E-state index contributed by atoms with van der Waals surface area (Å²) in [5.74, 6) is 5.69. The number of anilines is 1. The molecule has 1 N–H and O–H groups in total. The molecule has 3 unspecified atom stereocenters. The highest BCUT2D eigenvalue weighted by molar-refractivity contribution is 6.74. The van der Waals surface area contributed by atoms with Gasteiger partial charge in [-0.05, 0) is 139 Å². The van der Waals surface area contributed by atoms with Crippen LogP contribution in [0.1, 0.15) is 99.1 Å². The van der Waals surface area contributed by atoms with E-state index < -0.39 is 49.6 Å². The summed E-state index contributed by atoms with van der Waals surface area (Å²) < 4.78 is 43.7. The second-order valence-corrected chi connectivity index (χ2v) is 26.4. The number of phenols is 1. The molecule has 1 saturated carbocycles. The van der Waals surface area contributed by atoms with E-state index in [1.165, 1.54) is 6.07 Å². The van der Waals surface area contributed by atoms with Gasteiger partial charge < -0.3 is 33.5 Å². The first-order chi connectivity index (χ1) is 30.9. The van der Waals surface area contributed by atoms with Crippen molar-refractivity contribution in [3.63, 3.8) is 0 Å². The zero-order valence-corrected chi connectivity index (χ0v) is 41.7. The predicted octanol–water partition coefficient (Wildman–Crippen LogP) is 11.0. The summed E-state index contributed by atoms with van der Waals surface area (Å²) >= 11 is 0. The number of likely N-dealkylation sites (N-methyl/N-ethyl adjacent to an activating group) is 1. The molecule has 2 amide bonds. The van der Waals surface area contributed by atoms with Crippen LogP contribution in [0.3, 0.4) is 0 Å². The quantitative estimate of drug-likeness (QED) is 0.121. The molecule has 8 rings (SSSR count). The van der Waals surface area contributed by atoms with Crippen molar-refractivity contribution in [2.24, 2.45) is 5.92 Å². The van der Waals surface area contributed by atoms with Crippen LogP contribution in [0, 0.1) is 34.9 Å². The van der Waals surface area contributed by atoms with Crippen molar-refractivity contribution in [2.45, 2.75) is 142 Å². The number of amides is 2. The Hall–Kier alpha value is -5.41. The van der Waals surface area contributed by atoms with Gasteiger partial charge in [0.25, 0.3) is 0 Å². The van der Waals surface area contributed by atoms with Crippen molar-refractivity contribution < 1.29 is 37.7 Å². The molecular weight excluding hydrogens is 854 g/mol. The molecule has 4 aliphatic rings. The SMILES string of the molecule is CN1CCC[C@H]1COc1nc2c(F)c(-c3cc(O)cc4ccccc34)c(CCC#N)cc2c(N(C(=O)OC(C)(C)C)C2C3CC2N(C(=O)OC(C)(C)C)C3)c1C#CCO[Si](C)(C)C(C)(C)C. The van der Waals surface area contributed by atoms with Crippen LogP contribution in [0.25, 0.3) is 32.8 Å². The lowest BCUT2D eigenvalue weighted by Crippen LogP contribution is -2.59. The Balaban J connectivity index is 1.55. The number of aromatic nitrogens is 1. The topological polar surface area (TPSA) is 138 Å². The Morgan fingerprint density at radius 1 is 1.02 bits per heavy atom. The number of benzene rings is 3. The maximum Gasteiger partial charge on any atom is 0.415 e. The molecule has 352 valence electrons. The van der Waals surface area contributed by atoms with Gasteiger partial charge in [-0.1, -0.05) is 56.9 Å². The number of aromatic hydroxyl groups is 1. The molecule has 0 radical (unpaired) electrons. The Labute approximate surface area is 390 Å². The fraction of sp³-hybridized carbons (Fsp3) is 0.538. The molecule has 66 heavy (non-hydrogen) atoms. The smallest absolute Gasteiger partial charge is 0.415 e. The Morgan fingerprint density at radius 3 is 2.38 bits per heavy atom. The summed E-state index contributed by atoms with van der Waals surface area (Å²) in [6.45, 7) is 23.1. The van der Waals surface area contributed by atoms with Crippen LogP contribution >= 0.6 is 0 Å². The van der Waals surface area contributed by atoms with Gasteiger partial charge in [0.1, 0.15) is 34.6 Å². The standard InChI is InChI=1S/C52H66FN5O7Si/c1-50(2,3)64-48(60)57-30-34-28-41(57)45(34)58(49(61)65-51(4,5)6)46-38(22-17-25-63-66(11,12)52(7,8)9)47(62-31-35-20-16-24-56(35)10)55-44-40(46)27-33(19-15-23-54)42(43(44)53)39-29-36(59)26-32-18-13-14-21-37(32)39/h13-14,18,21,26-27,29,34-35,41,45,59H,15-16,19-20,24-25,28,30-31H2,1-12H3/t34?,35-,41?,45?/m0/s1. The summed E-state index contributed by atoms with van der Waals surface area (Å²) in [7, 11) is -0.212. The molecule has 4 atom stereocenters. The molecule has 3 aliphatic heterocycles. The number of nitriles is 1. The van der Waals surface area contributed by atoms with Gasteiger partial charge in [0.2, 0.25) is 5.88 Å².